The number of methoxy groups -OCH3 is 3. The maximum absolute atomic E-state index is 11.9. The van der Waals surface area contributed by atoms with Crippen LogP contribution in [0.4, 0.5) is 0 Å². The minimum atomic E-state index is -0.488. The maximum Gasteiger partial charge on any atom is 0.262 e. The highest BCUT2D eigenvalue weighted by atomic mass is 35.5. The van der Waals surface area contributed by atoms with Crippen molar-refractivity contribution in [1.29, 1.82) is 0 Å². The molecule has 0 aromatic heterocycles. The van der Waals surface area contributed by atoms with Crippen LogP contribution >= 0.6 is 11.6 Å². The van der Waals surface area contributed by atoms with E-state index < -0.39 is 5.91 Å². The van der Waals surface area contributed by atoms with Gasteiger partial charge in [0.25, 0.3) is 5.91 Å². The third-order valence-corrected chi connectivity index (χ3v) is 3.97. The number of carbonyl (C=O) groups excluding carboxylic acids is 2. The number of rotatable bonds is 7. The molecule has 0 saturated heterocycles. The smallest absolute Gasteiger partial charge is 0.262 e. The first-order valence-electron chi connectivity index (χ1n) is 8.28. The molecule has 0 bridgehead atoms. The first kappa shape index (κ1) is 21.1. The molecule has 148 valence electrons. The van der Waals surface area contributed by atoms with E-state index in [1.165, 1.54) is 27.4 Å². The summed E-state index contributed by atoms with van der Waals surface area (Å²) in [4.78, 5) is 23.8. The van der Waals surface area contributed by atoms with Gasteiger partial charge in [0.05, 0.1) is 27.8 Å². The number of nitrogens with one attached hydrogen (secondary N) is 2. The Balaban J connectivity index is 1.94. The summed E-state index contributed by atoms with van der Waals surface area (Å²) in [6, 6.07) is 10.3. The van der Waals surface area contributed by atoms with E-state index >= 15 is 0 Å². The Kier molecular flexibility index (Phi) is 7.71. The van der Waals surface area contributed by atoms with E-state index in [4.69, 9.17) is 25.8 Å². The number of halogens is 1. The van der Waals surface area contributed by atoms with Crippen molar-refractivity contribution in [3.05, 3.63) is 58.6 Å². The fraction of sp³-hybridized carbons (Fsp3) is 0.200. The lowest BCUT2D eigenvalue weighted by Gasteiger charge is -2.12. The van der Waals surface area contributed by atoms with Gasteiger partial charge >= 0.3 is 0 Å². The molecule has 2 amide bonds. The van der Waals surface area contributed by atoms with Gasteiger partial charge in [-0.3, -0.25) is 20.4 Å². The Labute approximate surface area is 168 Å². The largest absolute Gasteiger partial charge is 0.493 e. The average Bonchev–Trinajstić information content (AvgIpc) is 2.71. The molecule has 2 N–H and O–H groups in total. The Hall–Kier alpha value is -3.19. The molecular weight excluding hydrogens is 384 g/mol. The highest BCUT2D eigenvalue weighted by molar-refractivity contribution is 6.30. The van der Waals surface area contributed by atoms with E-state index in [0.717, 1.165) is 5.56 Å². The molecule has 0 radical (unpaired) electrons. The molecule has 2 rings (SSSR count). The minimum Gasteiger partial charge on any atom is -0.493 e. The van der Waals surface area contributed by atoms with Crippen LogP contribution in [0.1, 0.15) is 11.1 Å². The van der Waals surface area contributed by atoms with E-state index in [1.54, 1.807) is 42.5 Å². The van der Waals surface area contributed by atoms with E-state index in [-0.39, 0.29) is 12.3 Å². The zero-order valence-corrected chi connectivity index (χ0v) is 16.5. The van der Waals surface area contributed by atoms with Crippen LogP contribution in [0.3, 0.4) is 0 Å². The first-order chi connectivity index (χ1) is 13.5. The molecule has 0 unspecified atom stereocenters. The number of hydrazine groups is 1. The van der Waals surface area contributed by atoms with E-state index in [2.05, 4.69) is 10.9 Å². The molecule has 0 aliphatic carbocycles. The number of hydrogen-bond donors (Lipinski definition) is 2. The van der Waals surface area contributed by atoms with Crippen LogP contribution in [-0.2, 0) is 16.0 Å². The van der Waals surface area contributed by atoms with Gasteiger partial charge in [0.15, 0.2) is 11.5 Å². The number of ether oxygens (including phenoxy) is 3. The molecule has 0 spiro atoms. The standard InChI is InChI=1S/C20H21ClN2O5/c1-26-16-10-14(11-17(27-2)20(16)28-3)6-9-18(24)22-23-19(25)12-13-4-7-15(21)8-5-13/h4-11H,12H2,1-3H3,(H,22,24)(H,23,25)/b9-6+. The van der Waals surface area contributed by atoms with Gasteiger partial charge in [0, 0.05) is 11.1 Å². The Morgan fingerprint density at radius 2 is 1.57 bits per heavy atom. The second-order valence-electron chi connectivity index (χ2n) is 5.63. The first-order valence-corrected chi connectivity index (χ1v) is 8.66. The zero-order chi connectivity index (χ0) is 20.5. The molecule has 0 atom stereocenters. The Morgan fingerprint density at radius 1 is 0.964 bits per heavy atom. The van der Waals surface area contributed by atoms with Crippen LogP contribution in [0.15, 0.2) is 42.5 Å². The van der Waals surface area contributed by atoms with Crippen LogP contribution in [-0.4, -0.2) is 33.1 Å². The van der Waals surface area contributed by atoms with Gasteiger partial charge < -0.3 is 14.2 Å². The summed E-state index contributed by atoms with van der Waals surface area (Å²) >= 11 is 5.80. The fourth-order valence-electron chi connectivity index (χ4n) is 2.37. The van der Waals surface area contributed by atoms with E-state index in [0.29, 0.717) is 27.8 Å². The van der Waals surface area contributed by atoms with Crippen molar-refractivity contribution in [2.45, 2.75) is 6.42 Å². The van der Waals surface area contributed by atoms with Gasteiger partial charge in [-0.05, 0) is 41.5 Å². The second-order valence-corrected chi connectivity index (χ2v) is 6.07. The summed E-state index contributed by atoms with van der Waals surface area (Å²) < 4.78 is 15.8. The van der Waals surface area contributed by atoms with E-state index in [1.807, 2.05) is 0 Å². The van der Waals surface area contributed by atoms with Crippen LogP contribution in [0, 0.1) is 0 Å². The molecular formula is C20H21ClN2O5. The van der Waals surface area contributed by atoms with Crippen molar-refractivity contribution in [2.75, 3.05) is 21.3 Å². The lowest BCUT2D eigenvalue weighted by Crippen LogP contribution is -2.41. The van der Waals surface area contributed by atoms with Gasteiger partial charge in [-0.2, -0.15) is 0 Å². The average molecular weight is 405 g/mol. The highest BCUT2D eigenvalue weighted by Gasteiger charge is 2.12. The predicted octanol–water partition coefficient (Wildman–Crippen LogP) is 2.77. The number of amides is 2. The van der Waals surface area contributed by atoms with Crippen molar-refractivity contribution < 1.29 is 23.8 Å². The lowest BCUT2D eigenvalue weighted by atomic mass is 10.1. The minimum absolute atomic E-state index is 0.119. The quantitative estimate of drug-likeness (QED) is 0.547. The van der Waals surface area contributed by atoms with Crippen molar-refractivity contribution in [2.24, 2.45) is 0 Å². The summed E-state index contributed by atoms with van der Waals surface area (Å²) in [5.74, 6) is 0.562. The highest BCUT2D eigenvalue weighted by Crippen LogP contribution is 2.38. The molecule has 0 aliphatic heterocycles. The van der Waals surface area contributed by atoms with Gasteiger partial charge in [0.2, 0.25) is 11.7 Å². The van der Waals surface area contributed by atoms with Gasteiger partial charge in [-0.15, -0.1) is 0 Å². The van der Waals surface area contributed by atoms with Crippen molar-refractivity contribution in [1.82, 2.24) is 10.9 Å². The molecule has 7 nitrogen and oxygen atoms in total. The molecule has 8 heteroatoms. The third kappa shape index (κ3) is 5.92. The Morgan fingerprint density at radius 3 is 2.11 bits per heavy atom. The van der Waals surface area contributed by atoms with Crippen molar-refractivity contribution in [3.8, 4) is 17.2 Å². The normalized spacial score (nSPS) is 10.4. The monoisotopic (exact) mass is 404 g/mol. The van der Waals surface area contributed by atoms with Crippen molar-refractivity contribution >= 4 is 29.5 Å². The number of benzene rings is 2. The second kappa shape index (κ2) is 10.2. The van der Waals surface area contributed by atoms with Gasteiger partial charge in [-0.1, -0.05) is 23.7 Å². The van der Waals surface area contributed by atoms with Gasteiger partial charge in [-0.25, -0.2) is 0 Å². The molecule has 0 fully saturated rings. The Bertz CT molecular complexity index is 840. The lowest BCUT2D eigenvalue weighted by molar-refractivity contribution is -0.126. The molecule has 2 aromatic carbocycles. The summed E-state index contributed by atoms with van der Waals surface area (Å²) in [5, 5.41) is 0.592. The van der Waals surface area contributed by atoms with Crippen LogP contribution in [0.25, 0.3) is 6.08 Å². The van der Waals surface area contributed by atoms with Gasteiger partial charge in [0.1, 0.15) is 0 Å². The molecule has 28 heavy (non-hydrogen) atoms. The molecule has 0 heterocycles. The molecule has 0 aliphatic rings. The third-order valence-electron chi connectivity index (χ3n) is 3.72. The summed E-state index contributed by atoms with van der Waals surface area (Å²) in [6.07, 6.45) is 2.96. The summed E-state index contributed by atoms with van der Waals surface area (Å²) in [6.45, 7) is 0. The summed E-state index contributed by atoms with van der Waals surface area (Å²) in [5.41, 5.74) is 6.12. The van der Waals surface area contributed by atoms with Crippen LogP contribution in [0.2, 0.25) is 5.02 Å². The van der Waals surface area contributed by atoms with Crippen LogP contribution in [0.5, 0.6) is 17.2 Å². The predicted molar refractivity (Wildman–Crippen MR) is 107 cm³/mol. The number of carbonyl (C=O) groups is 2. The van der Waals surface area contributed by atoms with Crippen molar-refractivity contribution in [3.63, 3.8) is 0 Å². The van der Waals surface area contributed by atoms with Crippen LogP contribution < -0.4 is 25.1 Å². The number of hydrogen-bond acceptors (Lipinski definition) is 5. The fourth-order valence-corrected chi connectivity index (χ4v) is 2.50. The maximum atomic E-state index is 11.9. The topological polar surface area (TPSA) is 85.9 Å². The molecule has 2 aromatic rings. The van der Waals surface area contributed by atoms with E-state index in [9.17, 15) is 9.59 Å². The molecule has 0 saturated carbocycles. The zero-order valence-electron chi connectivity index (χ0n) is 15.7. The summed E-state index contributed by atoms with van der Waals surface area (Å²) in [7, 11) is 4.53. The SMILES string of the molecule is COc1cc(/C=C/C(=O)NNC(=O)Cc2ccc(Cl)cc2)cc(OC)c1OC.